The van der Waals surface area contributed by atoms with E-state index in [-0.39, 0.29) is 17.0 Å². The summed E-state index contributed by atoms with van der Waals surface area (Å²) in [5.41, 5.74) is 2.83. The number of ether oxygens (including phenoxy) is 1. The summed E-state index contributed by atoms with van der Waals surface area (Å²) in [6.07, 6.45) is -4.72. The normalized spacial score (nSPS) is 17.3. The number of hydrogen-bond acceptors (Lipinski definition) is 4. The lowest BCUT2D eigenvalue weighted by atomic mass is 10.1. The fourth-order valence-corrected chi connectivity index (χ4v) is 4.02. The molecule has 4 nitrogen and oxygen atoms in total. The van der Waals surface area contributed by atoms with E-state index in [4.69, 9.17) is 0 Å². The van der Waals surface area contributed by atoms with Gasteiger partial charge in [0.15, 0.2) is 0 Å². The van der Waals surface area contributed by atoms with Gasteiger partial charge >= 0.3 is 6.36 Å². The SMILES string of the molecule is CN(C)c1ccc(CN2C(=O)CSC2c2ccc(OC(F)(F)F)cc2)cc1. The first-order valence-electron chi connectivity index (χ1n) is 8.26. The van der Waals surface area contributed by atoms with E-state index in [9.17, 15) is 18.0 Å². The van der Waals surface area contributed by atoms with Crippen LogP contribution in [0.2, 0.25) is 0 Å². The molecule has 144 valence electrons. The van der Waals surface area contributed by atoms with Gasteiger partial charge in [0, 0.05) is 26.3 Å². The third kappa shape index (κ3) is 4.88. The number of anilines is 1. The number of carbonyl (C=O) groups is 1. The highest BCUT2D eigenvalue weighted by Crippen LogP contribution is 2.40. The van der Waals surface area contributed by atoms with Gasteiger partial charge in [0.05, 0.1) is 5.75 Å². The van der Waals surface area contributed by atoms with Crippen LogP contribution in [0.15, 0.2) is 48.5 Å². The number of amides is 1. The maximum atomic E-state index is 12.3. The van der Waals surface area contributed by atoms with E-state index >= 15 is 0 Å². The van der Waals surface area contributed by atoms with Crippen molar-refractivity contribution in [3.63, 3.8) is 0 Å². The van der Waals surface area contributed by atoms with Gasteiger partial charge in [0.2, 0.25) is 5.91 Å². The third-order valence-electron chi connectivity index (χ3n) is 4.17. The smallest absolute Gasteiger partial charge is 0.406 e. The predicted octanol–water partition coefficient (Wildman–Crippen LogP) is 4.43. The van der Waals surface area contributed by atoms with E-state index in [0.717, 1.165) is 16.8 Å². The minimum absolute atomic E-state index is 0.0114. The topological polar surface area (TPSA) is 32.8 Å². The van der Waals surface area contributed by atoms with Gasteiger partial charge in [-0.2, -0.15) is 0 Å². The van der Waals surface area contributed by atoms with Crippen molar-refractivity contribution >= 4 is 23.4 Å². The van der Waals surface area contributed by atoms with Crippen LogP contribution in [0.4, 0.5) is 18.9 Å². The first-order chi connectivity index (χ1) is 12.7. The van der Waals surface area contributed by atoms with Crippen molar-refractivity contribution in [2.45, 2.75) is 18.3 Å². The molecule has 8 heteroatoms. The van der Waals surface area contributed by atoms with Gasteiger partial charge in [-0.15, -0.1) is 24.9 Å². The molecule has 1 amide bonds. The largest absolute Gasteiger partial charge is 0.573 e. The van der Waals surface area contributed by atoms with Crippen LogP contribution in [0.3, 0.4) is 0 Å². The van der Waals surface area contributed by atoms with Gasteiger partial charge in [0.1, 0.15) is 11.1 Å². The van der Waals surface area contributed by atoms with Crippen LogP contribution in [-0.2, 0) is 11.3 Å². The standard InChI is InChI=1S/C19H19F3N2O2S/c1-23(2)15-7-3-13(4-8-15)11-24-17(25)12-27-18(24)14-5-9-16(10-6-14)26-19(20,21)22/h3-10,18H,11-12H2,1-2H3. The van der Waals surface area contributed by atoms with Gasteiger partial charge in [-0.1, -0.05) is 24.3 Å². The lowest BCUT2D eigenvalue weighted by molar-refractivity contribution is -0.274. The van der Waals surface area contributed by atoms with Crippen molar-refractivity contribution in [2.75, 3.05) is 24.7 Å². The van der Waals surface area contributed by atoms with Crippen molar-refractivity contribution in [1.82, 2.24) is 4.90 Å². The molecule has 1 aliphatic heterocycles. The van der Waals surface area contributed by atoms with E-state index in [0.29, 0.717) is 12.3 Å². The Labute approximate surface area is 159 Å². The summed E-state index contributed by atoms with van der Waals surface area (Å²) in [7, 11) is 3.91. The fraction of sp³-hybridized carbons (Fsp3) is 0.316. The molecule has 0 spiro atoms. The maximum absolute atomic E-state index is 12.3. The quantitative estimate of drug-likeness (QED) is 0.749. The number of benzene rings is 2. The number of halogens is 3. The van der Waals surface area contributed by atoms with E-state index in [1.54, 1.807) is 17.0 Å². The molecule has 1 heterocycles. The first-order valence-corrected chi connectivity index (χ1v) is 9.31. The van der Waals surface area contributed by atoms with Crippen LogP contribution >= 0.6 is 11.8 Å². The van der Waals surface area contributed by atoms with Crippen LogP contribution in [0, 0.1) is 0 Å². The summed E-state index contributed by atoms with van der Waals surface area (Å²) in [4.78, 5) is 16.1. The molecule has 0 aliphatic carbocycles. The molecule has 0 N–H and O–H groups in total. The van der Waals surface area contributed by atoms with Crippen molar-refractivity contribution in [3.8, 4) is 5.75 Å². The molecule has 1 fully saturated rings. The molecule has 3 rings (SSSR count). The summed E-state index contributed by atoms with van der Waals surface area (Å²) in [6.45, 7) is 0.449. The molecule has 2 aromatic rings. The van der Waals surface area contributed by atoms with Gasteiger partial charge in [-0.25, -0.2) is 0 Å². The summed E-state index contributed by atoms with van der Waals surface area (Å²) in [6, 6.07) is 13.6. The Morgan fingerprint density at radius 3 is 2.30 bits per heavy atom. The molecule has 0 bridgehead atoms. The zero-order valence-corrected chi connectivity index (χ0v) is 15.7. The van der Waals surface area contributed by atoms with E-state index < -0.39 is 6.36 Å². The molecule has 1 atom stereocenters. The Balaban J connectivity index is 1.74. The highest BCUT2D eigenvalue weighted by atomic mass is 32.2. The molecular weight excluding hydrogens is 377 g/mol. The third-order valence-corrected chi connectivity index (χ3v) is 5.43. The highest BCUT2D eigenvalue weighted by molar-refractivity contribution is 8.00. The Hall–Kier alpha value is -2.35. The number of nitrogens with zero attached hydrogens (tertiary/aromatic N) is 2. The summed E-state index contributed by atoms with van der Waals surface area (Å²) in [5.74, 6) is 0.0880. The summed E-state index contributed by atoms with van der Waals surface area (Å²) in [5, 5.41) is -0.231. The average Bonchev–Trinajstić information content (AvgIpc) is 2.95. The first kappa shape index (κ1) is 19.4. The predicted molar refractivity (Wildman–Crippen MR) is 99.6 cm³/mol. The minimum Gasteiger partial charge on any atom is -0.406 e. The van der Waals surface area contributed by atoms with Crippen molar-refractivity contribution < 1.29 is 22.7 Å². The second kappa shape index (κ2) is 7.72. The Kier molecular flexibility index (Phi) is 5.55. The van der Waals surface area contributed by atoms with Crippen LogP contribution in [0.1, 0.15) is 16.5 Å². The number of thioether (sulfide) groups is 1. The summed E-state index contributed by atoms with van der Waals surface area (Å²) < 4.78 is 40.8. The second-order valence-corrected chi connectivity index (χ2v) is 7.43. The summed E-state index contributed by atoms with van der Waals surface area (Å²) >= 11 is 1.46. The molecule has 1 aliphatic rings. The van der Waals surface area contributed by atoms with Crippen LogP contribution in [0.5, 0.6) is 5.75 Å². The van der Waals surface area contributed by atoms with Gasteiger partial charge < -0.3 is 14.5 Å². The molecule has 1 saturated heterocycles. The van der Waals surface area contributed by atoms with E-state index in [1.807, 2.05) is 43.3 Å². The van der Waals surface area contributed by atoms with Crippen LogP contribution in [0.25, 0.3) is 0 Å². The van der Waals surface area contributed by atoms with Crippen molar-refractivity contribution in [3.05, 3.63) is 59.7 Å². The average molecular weight is 396 g/mol. The molecule has 1 unspecified atom stereocenters. The molecule has 0 saturated carbocycles. The van der Waals surface area contributed by atoms with E-state index in [2.05, 4.69) is 4.74 Å². The van der Waals surface area contributed by atoms with Crippen molar-refractivity contribution in [2.24, 2.45) is 0 Å². The number of alkyl halides is 3. The zero-order valence-electron chi connectivity index (χ0n) is 14.9. The van der Waals surface area contributed by atoms with E-state index in [1.165, 1.54) is 23.9 Å². The molecule has 0 radical (unpaired) electrons. The fourth-order valence-electron chi connectivity index (χ4n) is 2.83. The monoisotopic (exact) mass is 396 g/mol. The zero-order chi connectivity index (χ0) is 19.6. The van der Waals surface area contributed by atoms with Crippen molar-refractivity contribution in [1.29, 1.82) is 0 Å². The van der Waals surface area contributed by atoms with Crippen LogP contribution in [-0.4, -0.2) is 37.0 Å². The Morgan fingerprint density at radius 2 is 1.74 bits per heavy atom. The molecular formula is C19H19F3N2O2S. The molecule has 0 aromatic heterocycles. The minimum atomic E-state index is -4.72. The Bertz CT molecular complexity index is 792. The molecule has 27 heavy (non-hydrogen) atoms. The lowest BCUT2D eigenvalue weighted by Gasteiger charge is -2.25. The van der Waals surface area contributed by atoms with Gasteiger partial charge in [0.25, 0.3) is 0 Å². The lowest BCUT2D eigenvalue weighted by Crippen LogP contribution is -2.27. The highest BCUT2D eigenvalue weighted by Gasteiger charge is 2.34. The number of carbonyl (C=O) groups excluding carboxylic acids is 1. The van der Waals surface area contributed by atoms with Gasteiger partial charge in [-0.3, -0.25) is 4.79 Å². The number of rotatable bonds is 5. The Morgan fingerprint density at radius 1 is 1.11 bits per heavy atom. The maximum Gasteiger partial charge on any atom is 0.573 e. The molecule has 2 aromatic carbocycles. The number of hydrogen-bond donors (Lipinski definition) is 0. The van der Waals surface area contributed by atoms with Crippen LogP contribution < -0.4 is 9.64 Å². The van der Waals surface area contributed by atoms with Gasteiger partial charge in [-0.05, 0) is 35.4 Å². The second-order valence-electron chi connectivity index (χ2n) is 6.36.